The Labute approximate surface area is 130 Å². The van der Waals surface area contributed by atoms with Crippen molar-refractivity contribution in [3.8, 4) is 0 Å². The first-order valence-corrected chi connectivity index (χ1v) is 7.55. The van der Waals surface area contributed by atoms with Gasteiger partial charge in [0.25, 0.3) is 0 Å². The highest BCUT2D eigenvalue weighted by Crippen LogP contribution is 2.21. The quantitative estimate of drug-likeness (QED) is 0.165. The number of nitro groups is 1. The van der Waals surface area contributed by atoms with Crippen LogP contribution in [0, 0.1) is 15.5 Å². The fourth-order valence-corrected chi connectivity index (χ4v) is 2.65. The van der Waals surface area contributed by atoms with Gasteiger partial charge >= 0.3 is 5.69 Å². The highest BCUT2D eigenvalue weighted by atomic mass is 32.1. The summed E-state index contributed by atoms with van der Waals surface area (Å²) in [6.45, 7) is 0.643. The molecule has 22 heavy (non-hydrogen) atoms. The van der Waals surface area contributed by atoms with Gasteiger partial charge in [0, 0.05) is 24.2 Å². The minimum absolute atomic E-state index is 0.0550. The van der Waals surface area contributed by atoms with Gasteiger partial charge in [-0.15, -0.1) is 11.3 Å². The Balaban J connectivity index is 1.69. The predicted octanol–water partition coefficient (Wildman–Crippen LogP) is 2.12. The number of aromatic amines is 1. The van der Waals surface area contributed by atoms with E-state index in [9.17, 15) is 10.1 Å². The van der Waals surface area contributed by atoms with Crippen LogP contribution in [0.1, 0.15) is 18.5 Å². The third-order valence-corrected chi connectivity index (χ3v) is 3.68. The smallest absolute Gasteiger partial charge is 0.310 e. The van der Waals surface area contributed by atoms with Crippen molar-refractivity contribution in [3.05, 3.63) is 33.5 Å². The van der Waals surface area contributed by atoms with Gasteiger partial charge in [-0.25, -0.2) is 4.98 Å². The van der Waals surface area contributed by atoms with E-state index < -0.39 is 4.92 Å². The van der Waals surface area contributed by atoms with Crippen molar-refractivity contribution in [1.29, 1.82) is 5.41 Å². The lowest BCUT2D eigenvalue weighted by Crippen LogP contribution is -2.20. The Morgan fingerprint density at radius 2 is 2.36 bits per heavy atom. The highest BCUT2D eigenvalue weighted by molar-refractivity contribution is 7.13. The Bertz CT molecular complexity index is 651. The molecule has 0 aliphatic carbocycles. The van der Waals surface area contributed by atoms with Crippen molar-refractivity contribution in [1.82, 2.24) is 9.97 Å². The molecular weight excluding hydrogens is 306 g/mol. The summed E-state index contributed by atoms with van der Waals surface area (Å²) >= 11 is 1.41. The van der Waals surface area contributed by atoms with Crippen molar-refractivity contribution in [2.24, 2.45) is 5.73 Å². The molecule has 6 N–H and O–H groups in total. The first kappa shape index (κ1) is 15.8. The number of H-pyrrole nitrogens is 1. The van der Waals surface area contributed by atoms with Crippen LogP contribution in [0.3, 0.4) is 0 Å². The summed E-state index contributed by atoms with van der Waals surface area (Å²) in [5.41, 5.74) is 6.23. The molecule has 0 radical (unpaired) electrons. The molecule has 0 saturated carbocycles. The number of nitrogens with zero attached hydrogens (tertiary/aromatic N) is 2. The maximum Gasteiger partial charge on any atom is 0.310 e. The molecule has 0 fully saturated rings. The zero-order valence-electron chi connectivity index (χ0n) is 11.8. The van der Waals surface area contributed by atoms with E-state index in [1.165, 1.54) is 17.4 Å². The molecular formula is C12H17N7O2S. The topological polar surface area (TPSA) is 146 Å². The molecule has 118 valence electrons. The summed E-state index contributed by atoms with van der Waals surface area (Å²) in [6, 6.07) is 1.43. The summed E-state index contributed by atoms with van der Waals surface area (Å²) < 4.78 is 0. The average molecular weight is 323 g/mol. The van der Waals surface area contributed by atoms with E-state index in [-0.39, 0.29) is 11.6 Å². The van der Waals surface area contributed by atoms with Gasteiger partial charge in [-0.2, -0.15) is 0 Å². The van der Waals surface area contributed by atoms with Crippen molar-refractivity contribution < 1.29 is 4.92 Å². The number of hydrogen-bond donors (Lipinski definition) is 5. The van der Waals surface area contributed by atoms with Crippen molar-refractivity contribution in [3.63, 3.8) is 0 Å². The van der Waals surface area contributed by atoms with Gasteiger partial charge in [0.15, 0.2) is 16.9 Å². The Morgan fingerprint density at radius 1 is 1.55 bits per heavy atom. The molecule has 2 rings (SSSR count). The average Bonchev–Trinajstić information content (AvgIpc) is 3.07. The SMILES string of the molecule is N=C(N)Nc1nc(CCCCNc2[nH]ccc2[N+](=O)[O-])cs1. The summed E-state index contributed by atoms with van der Waals surface area (Å²) in [5.74, 6) is 0.309. The van der Waals surface area contributed by atoms with E-state index in [2.05, 4.69) is 20.6 Å². The molecule has 2 aromatic rings. The number of hydrogen-bond acceptors (Lipinski definition) is 6. The van der Waals surface area contributed by atoms with Gasteiger partial charge in [-0.3, -0.25) is 15.5 Å². The van der Waals surface area contributed by atoms with Crippen LogP contribution in [0.2, 0.25) is 0 Å². The second-order valence-corrected chi connectivity index (χ2v) is 5.42. The highest BCUT2D eigenvalue weighted by Gasteiger charge is 2.13. The fourth-order valence-electron chi connectivity index (χ4n) is 1.89. The van der Waals surface area contributed by atoms with Gasteiger partial charge in [-0.1, -0.05) is 0 Å². The second-order valence-electron chi connectivity index (χ2n) is 4.56. The minimum atomic E-state index is -0.419. The summed E-state index contributed by atoms with van der Waals surface area (Å²) in [5, 5.41) is 26.1. The molecule has 0 amide bonds. The molecule has 0 aliphatic rings. The Kier molecular flexibility index (Phi) is 5.31. The molecule has 0 bridgehead atoms. The number of guanidine groups is 1. The first-order chi connectivity index (χ1) is 10.6. The minimum Gasteiger partial charge on any atom is -0.370 e. The van der Waals surface area contributed by atoms with Crippen LogP contribution >= 0.6 is 11.3 Å². The summed E-state index contributed by atoms with van der Waals surface area (Å²) in [7, 11) is 0. The fraction of sp³-hybridized carbons (Fsp3) is 0.333. The number of nitrogens with one attached hydrogen (secondary N) is 4. The molecule has 0 atom stereocenters. The molecule has 0 unspecified atom stereocenters. The molecule has 0 aromatic carbocycles. The molecule has 9 nitrogen and oxygen atoms in total. The zero-order valence-corrected chi connectivity index (χ0v) is 12.6. The molecule has 2 heterocycles. The Morgan fingerprint density at radius 3 is 3.09 bits per heavy atom. The molecule has 0 aliphatic heterocycles. The lowest BCUT2D eigenvalue weighted by atomic mass is 10.2. The van der Waals surface area contributed by atoms with E-state index in [1.807, 2.05) is 5.38 Å². The van der Waals surface area contributed by atoms with Crippen LogP contribution in [0.4, 0.5) is 16.6 Å². The van der Waals surface area contributed by atoms with Gasteiger partial charge in [-0.05, 0) is 19.3 Å². The normalized spacial score (nSPS) is 10.4. The zero-order chi connectivity index (χ0) is 15.9. The van der Waals surface area contributed by atoms with Crippen molar-refractivity contribution in [2.75, 3.05) is 17.2 Å². The summed E-state index contributed by atoms with van der Waals surface area (Å²) in [4.78, 5) is 17.4. The van der Waals surface area contributed by atoms with Crippen LogP contribution in [0.15, 0.2) is 17.6 Å². The van der Waals surface area contributed by atoms with E-state index >= 15 is 0 Å². The first-order valence-electron chi connectivity index (χ1n) is 6.67. The van der Waals surface area contributed by atoms with Gasteiger partial charge in [0.2, 0.25) is 0 Å². The second kappa shape index (κ2) is 7.41. The molecule has 0 spiro atoms. The lowest BCUT2D eigenvalue weighted by molar-refractivity contribution is -0.383. The number of thiazole rings is 1. The number of rotatable bonds is 8. The maximum atomic E-state index is 10.7. The van der Waals surface area contributed by atoms with Crippen molar-refractivity contribution >= 4 is 33.9 Å². The number of unbranched alkanes of at least 4 members (excludes halogenated alkanes) is 1. The van der Waals surface area contributed by atoms with Gasteiger partial charge in [0.05, 0.1) is 10.6 Å². The van der Waals surface area contributed by atoms with Crippen molar-refractivity contribution in [2.45, 2.75) is 19.3 Å². The van der Waals surface area contributed by atoms with Crippen LogP contribution in [-0.4, -0.2) is 27.4 Å². The van der Waals surface area contributed by atoms with E-state index in [0.717, 1.165) is 25.0 Å². The number of anilines is 2. The third-order valence-electron chi connectivity index (χ3n) is 2.88. The number of aryl methyl sites for hydroxylation is 1. The van der Waals surface area contributed by atoms with Gasteiger partial charge in [0.1, 0.15) is 0 Å². The monoisotopic (exact) mass is 323 g/mol. The third kappa shape index (κ3) is 4.45. The van der Waals surface area contributed by atoms with Crippen LogP contribution < -0.4 is 16.4 Å². The molecule has 10 heteroatoms. The molecule has 0 saturated heterocycles. The van der Waals surface area contributed by atoms with E-state index in [4.69, 9.17) is 11.1 Å². The maximum absolute atomic E-state index is 10.7. The Hall–Kier alpha value is -2.62. The lowest BCUT2D eigenvalue weighted by Gasteiger charge is -2.03. The van der Waals surface area contributed by atoms with E-state index in [0.29, 0.717) is 17.5 Å². The van der Waals surface area contributed by atoms with E-state index in [1.54, 1.807) is 6.20 Å². The standard InChI is InChI=1S/C12H17N7O2S/c13-11(14)18-12-17-8(7-22-12)3-1-2-5-15-10-9(19(20)21)4-6-16-10/h4,6-7,15-16H,1-3,5H2,(H4,13,14,17,18). The van der Waals surface area contributed by atoms with Crippen LogP contribution in [0.5, 0.6) is 0 Å². The summed E-state index contributed by atoms with van der Waals surface area (Å²) in [6.07, 6.45) is 4.12. The van der Waals surface area contributed by atoms with Crippen LogP contribution in [-0.2, 0) is 6.42 Å². The number of nitrogens with two attached hydrogens (primary N) is 1. The van der Waals surface area contributed by atoms with Crippen LogP contribution in [0.25, 0.3) is 0 Å². The largest absolute Gasteiger partial charge is 0.370 e. The predicted molar refractivity (Wildman–Crippen MR) is 86.5 cm³/mol. The molecule has 2 aromatic heterocycles. The van der Waals surface area contributed by atoms with Gasteiger partial charge < -0.3 is 21.4 Å². The number of aromatic nitrogens is 2.